The van der Waals surface area contributed by atoms with Crippen LogP contribution in [-0.4, -0.2) is 21.1 Å². The summed E-state index contributed by atoms with van der Waals surface area (Å²) in [4.78, 5) is 0. The van der Waals surface area contributed by atoms with E-state index < -0.39 is 0 Å². The van der Waals surface area contributed by atoms with E-state index in [0.29, 0.717) is 11.9 Å². The molecule has 0 aliphatic heterocycles. The van der Waals surface area contributed by atoms with Crippen molar-refractivity contribution < 1.29 is 0 Å². The molecule has 0 spiro atoms. The van der Waals surface area contributed by atoms with E-state index in [9.17, 15) is 0 Å². The molecule has 0 fully saturated rings. The van der Waals surface area contributed by atoms with E-state index in [1.54, 1.807) is 6.21 Å². The van der Waals surface area contributed by atoms with Crippen molar-refractivity contribution in [1.82, 2.24) is 14.9 Å². The second kappa shape index (κ2) is 5.31. The van der Waals surface area contributed by atoms with Gasteiger partial charge in [0.1, 0.15) is 6.33 Å². The summed E-state index contributed by atoms with van der Waals surface area (Å²) in [6, 6.07) is 8.23. The van der Waals surface area contributed by atoms with Crippen molar-refractivity contribution in [2.45, 2.75) is 19.8 Å². The molecular weight excluding hydrogens is 228 g/mol. The highest BCUT2D eigenvalue weighted by Crippen LogP contribution is 2.13. The summed E-state index contributed by atoms with van der Waals surface area (Å²) < 4.78 is 1.26. The second-order valence-corrected chi connectivity index (χ2v) is 4.25. The van der Waals surface area contributed by atoms with Crippen molar-refractivity contribution in [1.29, 1.82) is 0 Å². The first-order valence-corrected chi connectivity index (χ1v) is 5.71. The molecule has 0 atom stereocenters. The number of aromatic nitrogens is 3. The van der Waals surface area contributed by atoms with Crippen LogP contribution < -0.4 is 11.3 Å². The van der Waals surface area contributed by atoms with Crippen molar-refractivity contribution in [3.63, 3.8) is 0 Å². The van der Waals surface area contributed by atoms with E-state index in [4.69, 9.17) is 5.84 Å². The molecule has 18 heavy (non-hydrogen) atoms. The normalized spacial score (nSPS) is 11.3. The Labute approximate surface area is 106 Å². The first-order valence-electron chi connectivity index (χ1n) is 5.71. The average molecular weight is 244 g/mol. The number of nitrogens with one attached hydrogen (secondary N) is 1. The smallest absolute Gasteiger partial charge is 0.263 e. The number of anilines is 1. The van der Waals surface area contributed by atoms with E-state index in [1.807, 2.05) is 12.1 Å². The fraction of sp³-hybridized carbons (Fsp3) is 0.250. The van der Waals surface area contributed by atoms with Crippen LogP contribution in [0.4, 0.5) is 5.95 Å². The molecule has 0 amide bonds. The Morgan fingerprint density at radius 1 is 1.33 bits per heavy atom. The first-order chi connectivity index (χ1) is 8.66. The first kappa shape index (κ1) is 12.1. The van der Waals surface area contributed by atoms with E-state index in [1.165, 1.54) is 16.6 Å². The minimum absolute atomic E-state index is 0.394. The molecule has 2 rings (SSSR count). The summed E-state index contributed by atoms with van der Waals surface area (Å²) in [5.41, 5.74) is 5.03. The average Bonchev–Trinajstić information content (AvgIpc) is 2.76. The van der Waals surface area contributed by atoms with E-state index in [-0.39, 0.29) is 0 Å². The predicted molar refractivity (Wildman–Crippen MR) is 71.9 cm³/mol. The van der Waals surface area contributed by atoms with Crippen LogP contribution in [-0.2, 0) is 0 Å². The molecule has 6 nitrogen and oxygen atoms in total. The molecule has 1 aromatic carbocycles. The highest BCUT2D eigenvalue weighted by Gasteiger charge is 1.98. The van der Waals surface area contributed by atoms with Crippen LogP contribution in [0.3, 0.4) is 0 Å². The highest BCUT2D eigenvalue weighted by molar-refractivity contribution is 5.80. The van der Waals surface area contributed by atoms with Crippen molar-refractivity contribution >= 4 is 12.2 Å². The van der Waals surface area contributed by atoms with Gasteiger partial charge in [-0.1, -0.05) is 38.1 Å². The number of nitrogens with zero attached hydrogens (tertiary/aromatic N) is 4. The molecule has 3 N–H and O–H groups in total. The highest BCUT2D eigenvalue weighted by atomic mass is 15.5. The van der Waals surface area contributed by atoms with Gasteiger partial charge in [-0.15, -0.1) is 10.2 Å². The standard InChI is InChI=1S/C12H16N6/c1-9(2)11-5-3-10(4-6-11)7-14-16-12-17-15-8-18(12)13/h3-9H,13H2,1-2H3,(H,16,17)/b14-7+. The van der Waals surface area contributed by atoms with Crippen LogP contribution in [0, 0.1) is 0 Å². The predicted octanol–water partition coefficient (Wildman–Crippen LogP) is 1.56. The Morgan fingerprint density at radius 2 is 2.06 bits per heavy atom. The van der Waals surface area contributed by atoms with Gasteiger partial charge in [-0.05, 0) is 17.0 Å². The molecule has 0 bridgehead atoms. The van der Waals surface area contributed by atoms with Crippen LogP contribution in [0.2, 0.25) is 0 Å². The Kier molecular flexibility index (Phi) is 3.57. The number of nitrogens with two attached hydrogens (primary N) is 1. The maximum absolute atomic E-state index is 5.53. The lowest BCUT2D eigenvalue weighted by atomic mass is 10.0. The summed E-state index contributed by atoms with van der Waals surface area (Å²) in [5.74, 6) is 6.45. The molecule has 1 heterocycles. The van der Waals surface area contributed by atoms with Crippen LogP contribution in [0.15, 0.2) is 35.7 Å². The summed E-state index contributed by atoms with van der Waals surface area (Å²) in [6.45, 7) is 4.33. The van der Waals surface area contributed by atoms with Crippen LogP contribution >= 0.6 is 0 Å². The number of hydrogen-bond acceptors (Lipinski definition) is 5. The fourth-order valence-corrected chi connectivity index (χ4v) is 1.45. The molecule has 0 saturated heterocycles. The topological polar surface area (TPSA) is 81.1 Å². The molecular formula is C12H16N6. The number of rotatable bonds is 4. The largest absolute Gasteiger partial charge is 0.335 e. The Bertz CT molecular complexity index is 526. The van der Waals surface area contributed by atoms with Gasteiger partial charge in [0.25, 0.3) is 5.95 Å². The Hall–Kier alpha value is -2.37. The third kappa shape index (κ3) is 2.85. The SMILES string of the molecule is CC(C)c1ccc(/C=N/Nc2nncn2N)cc1. The monoisotopic (exact) mass is 244 g/mol. The molecule has 6 heteroatoms. The Morgan fingerprint density at radius 3 is 2.61 bits per heavy atom. The number of hydrazone groups is 1. The van der Waals surface area contributed by atoms with E-state index in [2.05, 4.69) is 46.7 Å². The number of hydrogen-bond donors (Lipinski definition) is 2. The lowest BCUT2D eigenvalue weighted by Crippen LogP contribution is -2.10. The van der Waals surface area contributed by atoms with Crippen molar-refractivity contribution in [2.24, 2.45) is 5.10 Å². The zero-order valence-electron chi connectivity index (χ0n) is 10.4. The van der Waals surface area contributed by atoms with Crippen LogP contribution in [0.5, 0.6) is 0 Å². The van der Waals surface area contributed by atoms with Gasteiger partial charge in [0.2, 0.25) is 0 Å². The minimum atomic E-state index is 0.394. The van der Waals surface area contributed by atoms with Gasteiger partial charge < -0.3 is 5.84 Å². The van der Waals surface area contributed by atoms with Gasteiger partial charge in [-0.3, -0.25) is 0 Å². The number of benzene rings is 1. The van der Waals surface area contributed by atoms with Gasteiger partial charge in [0.05, 0.1) is 6.21 Å². The quantitative estimate of drug-likeness (QED) is 0.486. The van der Waals surface area contributed by atoms with E-state index in [0.717, 1.165) is 5.56 Å². The molecule has 0 aliphatic carbocycles. The maximum atomic E-state index is 5.53. The molecule has 2 aromatic rings. The summed E-state index contributed by atoms with van der Waals surface area (Å²) >= 11 is 0. The summed E-state index contributed by atoms with van der Waals surface area (Å²) in [5, 5.41) is 11.4. The zero-order valence-corrected chi connectivity index (χ0v) is 10.4. The molecule has 0 aliphatic rings. The molecule has 1 aromatic heterocycles. The van der Waals surface area contributed by atoms with Gasteiger partial charge in [0, 0.05) is 0 Å². The zero-order chi connectivity index (χ0) is 13.0. The minimum Gasteiger partial charge on any atom is -0.335 e. The van der Waals surface area contributed by atoms with E-state index >= 15 is 0 Å². The van der Waals surface area contributed by atoms with Crippen LogP contribution in [0.1, 0.15) is 30.9 Å². The van der Waals surface area contributed by atoms with Crippen molar-refractivity contribution in [3.8, 4) is 0 Å². The number of nitrogen functional groups attached to an aromatic ring is 1. The van der Waals surface area contributed by atoms with Crippen molar-refractivity contribution in [3.05, 3.63) is 41.7 Å². The van der Waals surface area contributed by atoms with Gasteiger partial charge in [-0.2, -0.15) is 5.10 Å². The van der Waals surface area contributed by atoms with Gasteiger partial charge in [-0.25, -0.2) is 10.1 Å². The summed E-state index contributed by atoms with van der Waals surface area (Å²) in [6.07, 6.45) is 3.11. The molecule has 0 unspecified atom stereocenters. The van der Waals surface area contributed by atoms with Crippen LogP contribution in [0.25, 0.3) is 0 Å². The lowest BCUT2D eigenvalue weighted by Gasteiger charge is -2.04. The molecule has 94 valence electrons. The fourth-order valence-electron chi connectivity index (χ4n) is 1.45. The molecule has 0 radical (unpaired) electrons. The lowest BCUT2D eigenvalue weighted by molar-refractivity contribution is 0.866. The summed E-state index contributed by atoms with van der Waals surface area (Å²) in [7, 11) is 0. The third-order valence-corrected chi connectivity index (χ3v) is 2.55. The van der Waals surface area contributed by atoms with Crippen molar-refractivity contribution in [2.75, 3.05) is 11.3 Å². The Balaban J connectivity index is 1.99. The second-order valence-electron chi connectivity index (χ2n) is 4.25. The van der Waals surface area contributed by atoms with Gasteiger partial charge >= 0.3 is 0 Å². The maximum Gasteiger partial charge on any atom is 0.263 e. The van der Waals surface area contributed by atoms with Gasteiger partial charge in [0.15, 0.2) is 0 Å². The molecule has 0 saturated carbocycles. The third-order valence-electron chi connectivity index (χ3n) is 2.55.